The molecule has 3 unspecified atom stereocenters. The van der Waals surface area contributed by atoms with Gasteiger partial charge in [0.2, 0.25) is 5.91 Å². The molecular formula is C27H30N2O5. The van der Waals surface area contributed by atoms with E-state index >= 15 is 0 Å². The molecule has 3 N–H and O–H groups in total. The second-order valence-electron chi connectivity index (χ2n) is 8.90. The maximum absolute atomic E-state index is 12.6. The van der Waals surface area contributed by atoms with Gasteiger partial charge in [-0.1, -0.05) is 74.0 Å². The number of ether oxygens (including phenoxy) is 1. The predicted molar refractivity (Wildman–Crippen MR) is 128 cm³/mol. The molecule has 0 aromatic heterocycles. The fourth-order valence-corrected chi connectivity index (χ4v) is 4.88. The summed E-state index contributed by atoms with van der Waals surface area (Å²) in [6, 6.07) is 15.6. The van der Waals surface area contributed by atoms with Gasteiger partial charge in [-0.3, -0.25) is 9.59 Å². The normalized spacial score (nSPS) is 19.2. The van der Waals surface area contributed by atoms with Gasteiger partial charge in [0.05, 0.1) is 18.4 Å². The molecule has 7 nitrogen and oxygen atoms in total. The second kappa shape index (κ2) is 10.5. The summed E-state index contributed by atoms with van der Waals surface area (Å²) < 4.78 is 5.59. The number of fused-ring (bicyclic) bond motifs is 3. The molecule has 3 atom stereocenters. The van der Waals surface area contributed by atoms with E-state index in [2.05, 4.69) is 34.9 Å². The summed E-state index contributed by atoms with van der Waals surface area (Å²) in [5.74, 6) is -1.57. The Morgan fingerprint density at radius 3 is 2.29 bits per heavy atom. The first kappa shape index (κ1) is 23.5. The van der Waals surface area contributed by atoms with E-state index < -0.39 is 24.0 Å². The van der Waals surface area contributed by atoms with Gasteiger partial charge in [-0.25, -0.2) is 4.79 Å². The highest BCUT2D eigenvalue weighted by atomic mass is 16.5. The molecule has 178 valence electrons. The van der Waals surface area contributed by atoms with Gasteiger partial charge in [-0.2, -0.15) is 0 Å². The molecule has 4 rings (SSSR count). The summed E-state index contributed by atoms with van der Waals surface area (Å²) in [5, 5.41) is 14.7. The molecular weight excluding hydrogens is 432 g/mol. The van der Waals surface area contributed by atoms with Crippen LogP contribution in [0.2, 0.25) is 0 Å². The van der Waals surface area contributed by atoms with Crippen LogP contribution in [0.15, 0.2) is 60.7 Å². The van der Waals surface area contributed by atoms with Crippen molar-refractivity contribution in [1.82, 2.24) is 10.6 Å². The van der Waals surface area contributed by atoms with E-state index in [9.17, 15) is 14.4 Å². The van der Waals surface area contributed by atoms with E-state index in [-0.39, 0.29) is 30.9 Å². The molecule has 0 heterocycles. The smallest absolute Gasteiger partial charge is 0.407 e. The molecule has 0 saturated carbocycles. The van der Waals surface area contributed by atoms with E-state index in [1.165, 1.54) is 11.1 Å². The molecule has 0 radical (unpaired) electrons. The number of carboxylic acid groups (broad SMARTS) is 1. The molecule has 2 aromatic rings. The molecule has 2 aromatic carbocycles. The van der Waals surface area contributed by atoms with Crippen molar-refractivity contribution in [2.75, 3.05) is 6.61 Å². The van der Waals surface area contributed by atoms with Crippen LogP contribution in [-0.2, 0) is 14.3 Å². The van der Waals surface area contributed by atoms with Crippen LogP contribution < -0.4 is 10.6 Å². The van der Waals surface area contributed by atoms with Gasteiger partial charge in [0.25, 0.3) is 0 Å². The fraction of sp³-hybridized carbons (Fsp3) is 0.370. The minimum atomic E-state index is -0.935. The quantitative estimate of drug-likeness (QED) is 0.484. The van der Waals surface area contributed by atoms with Crippen LogP contribution in [0.25, 0.3) is 11.1 Å². The van der Waals surface area contributed by atoms with Gasteiger partial charge in [0.15, 0.2) is 0 Å². The fourth-order valence-electron chi connectivity index (χ4n) is 4.88. The van der Waals surface area contributed by atoms with Crippen molar-refractivity contribution in [2.45, 2.75) is 50.6 Å². The first-order valence-corrected chi connectivity index (χ1v) is 11.8. The molecule has 0 saturated heterocycles. The number of hydrogen-bond donors (Lipinski definition) is 3. The molecule has 7 heteroatoms. The third-order valence-corrected chi connectivity index (χ3v) is 6.47. The highest BCUT2D eigenvalue weighted by molar-refractivity contribution is 5.82. The summed E-state index contributed by atoms with van der Waals surface area (Å²) in [6.45, 7) is 2.18. The van der Waals surface area contributed by atoms with Gasteiger partial charge in [-0.15, -0.1) is 0 Å². The van der Waals surface area contributed by atoms with Gasteiger partial charge >= 0.3 is 12.1 Å². The Hall–Kier alpha value is -3.61. The lowest BCUT2D eigenvalue weighted by molar-refractivity contribution is -0.137. The Bertz CT molecular complexity index is 1050. The van der Waals surface area contributed by atoms with E-state index in [0.29, 0.717) is 12.8 Å². The number of rotatable bonds is 9. The lowest BCUT2D eigenvalue weighted by Gasteiger charge is -2.19. The zero-order valence-electron chi connectivity index (χ0n) is 19.2. The van der Waals surface area contributed by atoms with Crippen molar-refractivity contribution in [2.24, 2.45) is 5.92 Å². The SMILES string of the molecule is CCCC(CC(=O)O)NC(=O)C1C=CC(NC(=O)OCC2c3ccccc3-c3ccccc32)C1. The van der Waals surface area contributed by atoms with Crippen molar-refractivity contribution in [3.63, 3.8) is 0 Å². The van der Waals surface area contributed by atoms with Crippen molar-refractivity contribution < 1.29 is 24.2 Å². The Balaban J connectivity index is 1.28. The predicted octanol–water partition coefficient (Wildman–Crippen LogP) is 4.23. The van der Waals surface area contributed by atoms with Gasteiger partial charge in [0.1, 0.15) is 6.61 Å². The number of nitrogens with one attached hydrogen (secondary N) is 2. The van der Waals surface area contributed by atoms with Crippen molar-refractivity contribution in [3.8, 4) is 11.1 Å². The summed E-state index contributed by atoms with van der Waals surface area (Å²) in [6.07, 6.45) is 4.73. The zero-order chi connectivity index (χ0) is 24.1. The van der Waals surface area contributed by atoms with Crippen LogP contribution in [0.3, 0.4) is 0 Å². The summed E-state index contributed by atoms with van der Waals surface area (Å²) in [4.78, 5) is 36.1. The molecule has 2 aliphatic carbocycles. The first-order chi connectivity index (χ1) is 16.5. The number of amides is 2. The third-order valence-electron chi connectivity index (χ3n) is 6.47. The van der Waals surface area contributed by atoms with Gasteiger partial charge in [0, 0.05) is 12.0 Å². The Morgan fingerprint density at radius 1 is 1.03 bits per heavy atom. The highest BCUT2D eigenvalue weighted by Gasteiger charge is 2.31. The van der Waals surface area contributed by atoms with Crippen molar-refractivity contribution >= 4 is 18.0 Å². The van der Waals surface area contributed by atoms with E-state index in [0.717, 1.165) is 17.5 Å². The standard InChI is InChI=1S/C27H30N2O5/c1-2-7-18(15-25(30)31)28-26(32)17-12-13-19(14-17)29-27(33)34-16-24-22-10-5-3-8-20(22)21-9-4-6-11-23(21)24/h3-6,8-13,17-19,24H,2,7,14-16H2,1H3,(H,28,32)(H,29,33)(H,30,31). The lowest BCUT2D eigenvalue weighted by atomic mass is 9.98. The molecule has 0 fully saturated rings. The maximum atomic E-state index is 12.6. The maximum Gasteiger partial charge on any atom is 0.407 e. The lowest BCUT2D eigenvalue weighted by Crippen LogP contribution is -2.40. The second-order valence-corrected chi connectivity index (χ2v) is 8.90. The number of alkyl carbamates (subject to hydrolysis) is 1. The number of carbonyl (C=O) groups is 3. The first-order valence-electron chi connectivity index (χ1n) is 11.8. The van der Waals surface area contributed by atoms with Crippen LogP contribution in [0.1, 0.15) is 49.7 Å². The van der Waals surface area contributed by atoms with E-state index in [4.69, 9.17) is 9.84 Å². The number of hydrogen-bond acceptors (Lipinski definition) is 4. The highest BCUT2D eigenvalue weighted by Crippen LogP contribution is 2.44. The molecule has 2 amide bonds. The number of carboxylic acids is 1. The van der Waals surface area contributed by atoms with Crippen molar-refractivity contribution in [3.05, 3.63) is 71.8 Å². The molecule has 34 heavy (non-hydrogen) atoms. The van der Waals surface area contributed by atoms with Crippen molar-refractivity contribution in [1.29, 1.82) is 0 Å². The van der Waals surface area contributed by atoms with Crippen LogP contribution in [0.4, 0.5) is 4.79 Å². The Morgan fingerprint density at radius 2 is 1.68 bits per heavy atom. The van der Waals surface area contributed by atoms with E-state index in [1.807, 2.05) is 31.2 Å². The largest absolute Gasteiger partial charge is 0.481 e. The minimum absolute atomic E-state index is 0.0134. The van der Waals surface area contributed by atoms with Crippen LogP contribution in [0, 0.1) is 5.92 Å². The van der Waals surface area contributed by atoms with Gasteiger partial charge < -0.3 is 20.5 Å². The van der Waals surface area contributed by atoms with Crippen LogP contribution in [-0.4, -0.2) is 41.8 Å². The average molecular weight is 463 g/mol. The number of carbonyl (C=O) groups excluding carboxylic acids is 2. The minimum Gasteiger partial charge on any atom is -0.481 e. The third kappa shape index (κ3) is 5.30. The molecule has 0 aliphatic heterocycles. The molecule has 2 aliphatic rings. The zero-order valence-corrected chi connectivity index (χ0v) is 19.2. The Kier molecular flexibility index (Phi) is 7.30. The summed E-state index contributed by atoms with van der Waals surface area (Å²) >= 11 is 0. The Labute approximate surface area is 199 Å². The van der Waals surface area contributed by atoms with Crippen LogP contribution in [0.5, 0.6) is 0 Å². The number of aliphatic carboxylic acids is 1. The van der Waals surface area contributed by atoms with Crippen LogP contribution >= 0.6 is 0 Å². The topological polar surface area (TPSA) is 105 Å². The molecule has 0 bridgehead atoms. The monoisotopic (exact) mass is 462 g/mol. The van der Waals surface area contributed by atoms with Gasteiger partial charge in [-0.05, 0) is 35.1 Å². The average Bonchev–Trinajstić information content (AvgIpc) is 3.40. The number of benzene rings is 2. The summed E-state index contributed by atoms with van der Waals surface area (Å²) in [7, 11) is 0. The summed E-state index contributed by atoms with van der Waals surface area (Å²) in [5.41, 5.74) is 4.64. The molecule has 0 spiro atoms. The van der Waals surface area contributed by atoms with E-state index in [1.54, 1.807) is 12.2 Å².